The molecule has 2 rings (SSSR count). The van der Waals surface area contributed by atoms with Crippen molar-refractivity contribution in [3.63, 3.8) is 0 Å². The minimum Gasteiger partial charge on any atom is -0.492 e. The number of hydrogen-bond acceptors (Lipinski definition) is 3. The number of para-hydroxylation sites is 2. The van der Waals surface area contributed by atoms with Crippen molar-refractivity contribution < 1.29 is 14.3 Å². The van der Waals surface area contributed by atoms with Gasteiger partial charge in [0.15, 0.2) is 6.61 Å². The van der Waals surface area contributed by atoms with Crippen molar-refractivity contribution in [2.75, 3.05) is 18.5 Å². The lowest BCUT2D eigenvalue weighted by Gasteiger charge is -2.12. The van der Waals surface area contributed by atoms with Crippen LogP contribution in [0.2, 0.25) is 0 Å². The van der Waals surface area contributed by atoms with Crippen molar-refractivity contribution in [1.82, 2.24) is 0 Å². The standard InChI is InChI=1S/C20H25NO3/c1-4-15(3)16-10-12-17(13-11-16)24-14-20(22)21-18-8-6-7-9-19(18)23-5-2/h6-13,15H,4-5,14H2,1-3H3,(H,21,22). The summed E-state index contributed by atoms with van der Waals surface area (Å²) >= 11 is 0. The Kier molecular flexibility index (Phi) is 6.67. The van der Waals surface area contributed by atoms with E-state index < -0.39 is 0 Å². The molecule has 0 aliphatic rings. The molecule has 0 saturated heterocycles. The highest BCUT2D eigenvalue weighted by atomic mass is 16.5. The van der Waals surface area contributed by atoms with Gasteiger partial charge in [0.1, 0.15) is 11.5 Å². The summed E-state index contributed by atoms with van der Waals surface area (Å²) in [4.78, 5) is 12.1. The molecule has 0 fully saturated rings. The quantitative estimate of drug-likeness (QED) is 0.770. The number of amides is 1. The van der Waals surface area contributed by atoms with Crippen molar-refractivity contribution in [3.8, 4) is 11.5 Å². The maximum atomic E-state index is 12.1. The molecule has 2 aromatic rings. The fraction of sp³-hybridized carbons (Fsp3) is 0.350. The predicted octanol–water partition coefficient (Wildman–Crippen LogP) is 4.62. The molecule has 0 saturated carbocycles. The van der Waals surface area contributed by atoms with Crippen LogP contribution in [0.15, 0.2) is 48.5 Å². The van der Waals surface area contributed by atoms with Crippen LogP contribution in [-0.2, 0) is 4.79 Å². The van der Waals surface area contributed by atoms with Gasteiger partial charge >= 0.3 is 0 Å². The van der Waals surface area contributed by atoms with Crippen LogP contribution < -0.4 is 14.8 Å². The van der Waals surface area contributed by atoms with Gasteiger partial charge in [-0.3, -0.25) is 4.79 Å². The van der Waals surface area contributed by atoms with Crippen molar-refractivity contribution in [3.05, 3.63) is 54.1 Å². The Bertz CT molecular complexity index is 652. The van der Waals surface area contributed by atoms with E-state index in [9.17, 15) is 4.79 Å². The predicted molar refractivity (Wildman–Crippen MR) is 96.9 cm³/mol. The summed E-state index contributed by atoms with van der Waals surface area (Å²) in [7, 11) is 0. The monoisotopic (exact) mass is 327 g/mol. The highest BCUT2D eigenvalue weighted by Gasteiger charge is 2.08. The molecule has 0 radical (unpaired) electrons. The third-order valence-electron chi connectivity index (χ3n) is 3.89. The number of carbonyl (C=O) groups excluding carboxylic acids is 1. The van der Waals surface area contributed by atoms with E-state index in [-0.39, 0.29) is 12.5 Å². The summed E-state index contributed by atoms with van der Waals surface area (Å²) in [6.07, 6.45) is 1.10. The van der Waals surface area contributed by atoms with Crippen LogP contribution in [0.4, 0.5) is 5.69 Å². The Morgan fingerprint density at radius 2 is 1.75 bits per heavy atom. The lowest BCUT2D eigenvalue weighted by atomic mass is 9.99. The highest BCUT2D eigenvalue weighted by Crippen LogP contribution is 2.24. The van der Waals surface area contributed by atoms with Crippen molar-refractivity contribution in [2.45, 2.75) is 33.1 Å². The lowest BCUT2D eigenvalue weighted by molar-refractivity contribution is -0.118. The molecule has 0 aromatic heterocycles. The van der Waals surface area contributed by atoms with Gasteiger partial charge in [0, 0.05) is 0 Å². The zero-order valence-electron chi connectivity index (χ0n) is 14.5. The van der Waals surface area contributed by atoms with Gasteiger partial charge in [-0.15, -0.1) is 0 Å². The van der Waals surface area contributed by atoms with E-state index in [1.807, 2.05) is 55.5 Å². The SMILES string of the molecule is CCOc1ccccc1NC(=O)COc1ccc(C(C)CC)cc1. The number of carbonyl (C=O) groups is 1. The average molecular weight is 327 g/mol. The van der Waals surface area contributed by atoms with Gasteiger partial charge in [0.05, 0.1) is 12.3 Å². The van der Waals surface area contributed by atoms with E-state index in [2.05, 4.69) is 19.2 Å². The van der Waals surface area contributed by atoms with Crippen LogP contribution in [0.25, 0.3) is 0 Å². The van der Waals surface area contributed by atoms with Crippen LogP contribution in [0, 0.1) is 0 Å². The first kappa shape index (κ1) is 17.9. The molecule has 0 spiro atoms. The molecule has 1 amide bonds. The van der Waals surface area contributed by atoms with E-state index in [1.165, 1.54) is 5.56 Å². The Balaban J connectivity index is 1.89. The molecular formula is C20H25NO3. The summed E-state index contributed by atoms with van der Waals surface area (Å²) in [5, 5.41) is 2.82. The molecule has 1 atom stereocenters. The molecule has 0 bridgehead atoms. The van der Waals surface area contributed by atoms with Crippen LogP contribution in [0.1, 0.15) is 38.7 Å². The van der Waals surface area contributed by atoms with Gasteiger partial charge in [-0.25, -0.2) is 0 Å². The second kappa shape index (κ2) is 8.96. The van der Waals surface area contributed by atoms with E-state index in [0.717, 1.165) is 6.42 Å². The zero-order valence-corrected chi connectivity index (χ0v) is 14.5. The fourth-order valence-electron chi connectivity index (χ4n) is 2.31. The second-order valence-electron chi connectivity index (χ2n) is 5.64. The lowest BCUT2D eigenvalue weighted by Crippen LogP contribution is -2.20. The first-order valence-corrected chi connectivity index (χ1v) is 8.38. The van der Waals surface area contributed by atoms with Gasteiger partial charge in [-0.2, -0.15) is 0 Å². The number of ether oxygens (including phenoxy) is 2. The third kappa shape index (κ3) is 5.01. The zero-order chi connectivity index (χ0) is 17.4. The molecule has 1 unspecified atom stereocenters. The molecule has 0 aliphatic carbocycles. The molecular weight excluding hydrogens is 302 g/mol. The van der Waals surface area contributed by atoms with E-state index in [1.54, 1.807) is 0 Å². The molecule has 4 nitrogen and oxygen atoms in total. The van der Waals surface area contributed by atoms with Crippen LogP contribution in [0.3, 0.4) is 0 Å². The summed E-state index contributed by atoms with van der Waals surface area (Å²) < 4.78 is 11.0. The first-order valence-electron chi connectivity index (χ1n) is 8.38. The maximum absolute atomic E-state index is 12.1. The van der Waals surface area contributed by atoms with E-state index >= 15 is 0 Å². The number of rotatable bonds is 8. The number of nitrogens with one attached hydrogen (secondary N) is 1. The number of anilines is 1. The summed E-state index contributed by atoms with van der Waals surface area (Å²) in [5.74, 6) is 1.66. The number of benzene rings is 2. The topological polar surface area (TPSA) is 47.6 Å². The molecule has 128 valence electrons. The van der Waals surface area contributed by atoms with Gasteiger partial charge < -0.3 is 14.8 Å². The van der Waals surface area contributed by atoms with Gasteiger partial charge in [0.25, 0.3) is 5.91 Å². The van der Waals surface area contributed by atoms with Crippen LogP contribution >= 0.6 is 0 Å². The Hall–Kier alpha value is -2.49. The molecule has 0 aliphatic heterocycles. The molecule has 2 aromatic carbocycles. The smallest absolute Gasteiger partial charge is 0.262 e. The highest BCUT2D eigenvalue weighted by molar-refractivity contribution is 5.93. The largest absolute Gasteiger partial charge is 0.492 e. The molecule has 0 heterocycles. The Labute approximate surface area is 143 Å². The van der Waals surface area contributed by atoms with Gasteiger partial charge in [-0.1, -0.05) is 38.1 Å². The third-order valence-corrected chi connectivity index (χ3v) is 3.89. The fourth-order valence-corrected chi connectivity index (χ4v) is 2.31. The number of hydrogen-bond donors (Lipinski definition) is 1. The average Bonchev–Trinajstić information content (AvgIpc) is 2.61. The van der Waals surface area contributed by atoms with Gasteiger partial charge in [-0.05, 0) is 49.1 Å². The molecule has 24 heavy (non-hydrogen) atoms. The minimum atomic E-state index is -0.215. The normalized spacial score (nSPS) is 11.6. The molecule has 1 N–H and O–H groups in total. The summed E-state index contributed by atoms with van der Waals surface area (Å²) in [5.41, 5.74) is 1.93. The van der Waals surface area contributed by atoms with Crippen molar-refractivity contribution >= 4 is 11.6 Å². The van der Waals surface area contributed by atoms with Gasteiger partial charge in [0.2, 0.25) is 0 Å². The van der Waals surface area contributed by atoms with Crippen molar-refractivity contribution in [2.24, 2.45) is 0 Å². The Morgan fingerprint density at radius 3 is 2.42 bits per heavy atom. The second-order valence-corrected chi connectivity index (χ2v) is 5.64. The van der Waals surface area contributed by atoms with E-state index in [4.69, 9.17) is 9.47 Å². The minimum absolute atomic E-state index is 0.0386. The summed E-state index contributed by atoms with van der Waals surface area (Å²) in [6.45, 7) is 6.78. The first-order chi connectivity index (χ1) is 11.6. The van der Waals surface area contributed by atoms with Crippen LogP contribution in [0.5, 0.6) is 11.5 Å². The Morgan fingerprint density at radius 1 is 1.04 bits per heavy atom. The van der Waals surface area contributed by atoms with Crippen molar-refractivity contribution in [1.29, 1.82) is 0 Å². The summed E-state index contributed by atoms with van der Waals surface area (Å²) in [6, 6.07) is 15.3. The van der Waals surface area contributed by atoms with E-state index in [0.29, 0.717) is 29.7 Å². The molecule has 4 heteroatoms. The maximum Gasteiger partial charge on any atom is 0.262 e. The van der Waals surface area contributed by atoms with Crippen LogP contribution in [-0.4, -0.2) is 19.1 Å².